The van der Waals surface area contributed by atoms with Gasteiger partial charge in [0, 0.05) is 5.56 Å². The Morgan fingerprint density at radius 3 is 2.10 bits per heavy atom. The third kappa shape index (κ3) is 4.35. The molecule has 0 heterocycles. The molecule has 0 bridgehead atoms. The number of nitrogens with zero attached hydrogens (tertiary/aromatic N) is 2. The Morgan fingerprint density at radius 1 is 0.857 bits per heavy atom. The van der Waals surface area contributed by atoms with E-state index in [1.54, 1.807) is 12.3 Å². The lowest BCUT2D eigenvalue weighted by Gasteiger charge is -1.99. The number of benzene rings is 2. The van der Waals surface area contributed by atoms with Gasteiger partial charge in [-0.15, -0.1) is 0 Å². The SMILES string of the molecule is CCc1ccc(C=NN=Cc2ccc(CC)cc2F)cc1. The van der Waals surface area contributed by atoms with Crippen LogP contribution in [0.5, 0.6) is 0 Å². The smallest absolute Gasteiger partial charge is 0.132 e. The molecular weight excluding hydrogens is 263 g/mol. The Balaban J connectivity index is 2.02. The van der Waals surface area contributed by atoms with Gasteiger partial charge in [0.15, 0.2) is 0 Å². The van der Waals surface area contributed by atoms with E-state index in [0.29, 0.717) is 5.56 Å². The normalized spacial score (nSPS) is 11.6. The first-order valence-electron chi connectivity index (χ1n) is 7.16. The van der Waals surface area contributed by atoms with E-state index < -0.39 is 0 Å². The van der Waals surface area contributed by atoms with Crippen molar-refractivity contribution in [3.8, 4) is 0 Å². The average molecular weight is 282 g/mol. The highest BCUT2D eigenvalue weighted by atomic mass is 19.1. The van der Waals surface area contributed by atoms with E-state index >= 15 is 0 Å². The fourth-order valence-corrected chi connectivity index (χ4v) is 1.93. The first-order valence-corrected chi connectivity index (χ1v) is 7.16. The molecule has 0 radical (unpaired) electrons. The average Bonchev–Trinajstić information content (AvgIpc) is 2.53. The first-order chi connectivity index (χ1) is 10.2. The number of hydrogen-bond acceptors (Lipinski definition) is 2. The summed E-state index contributed by atoms with van der Waals surface area (Å²) in [7, 11) is 0. The molecule has 0 atom stereocenters. The lowest BCUT2D eigenvalue weighted by molar-refractivity contribution is 0.624. The van der Waals surface area contributed by atoms with Crippen LogP contribution in [0.2, 0.25) is 0 Å². The Labute approximate surface area is 125 Å². The molecule has 0 unspecified atom stereocenters. The maximum Gasteiger partial charge on any atom is 0.132 e. The topological polar surface area (TPSA) is 24.7 Å². The van der Waals surface area contributed by atoms with E-state index in [0.717, 1.165) is 24.0 Å². The van der Waals surface area contributed by atoms with Gasteiger partial charge in [-0.1, -0.05) is 50.2 Å². The van der Waals surface area contributed by atoms with Crippen LogP contribution in [-0.2, 0) is 12.8 Å². The predicted octanol–water partition coefficient (Wildman–Crippen LogP) is 4.40. The maximum absolute atomic E-state index is 13.7. The van der Waals surface area contributed by atoms with Crippen LogP contribution in [0.4, 0.5) is 4.39 Å². The molecule has 0 aliphatic heterocycles. The van der Waals surface area contributed by atoms with E-state index in [2.05, 4.69) is 29.3 Å². The third-order valence-electron chi connectivity index (χ3n) is 3.33. The molecule has 0 aromatic heterocycles. The van der Waals surface area contributed by atoms with Gasteiger partial charge in [-0.25, -0.2) is 4.39 Å². The summed E-state index contributed by atoms with van der Waals surface area (Å²) < 4.78 is 13.7. The van der Waals surface area contributed by atoms with Crippen LogP contribution >= 0.6 is 0 Å². The second kappa shape index (κ2) is 7.48. The molecule has 2 aromatic carbocycles. The van der Waals surface area contributed by atoms with Crippen LogP contribution in [0, 0.1) is 5.82 Å². The molecule has 2 rings (SSSR count). The molecule has 108 valence electrons. The van der Waals surface area contributed by atoms with E-state index in [4.69, 9.17) is 0 Å². The summed E-state index contributed by atoms with van der Waals surface area (Å²) in [6.45, 7) is 4.11. The van der Waals surface area contributed by atoms with Gasteiger partial charge in [0.1, 0.15) is 5.82 Å². The summed E-state index contributed by atoms with van der Waals surface area (Å²) in [4.78, 5) is 0. The lowest BCUT2D eigenvalue weighted by atomic mass is 10.1. The summed E-state index contributed by atoms with van der Waals surface area (Å²) in [6, 6.07) is 13.3. The standard InChI is InChI=1S/C18H19FN2/c1-3-14-5-7-16(8-6-14)12-20-21-13-17-10-9-15(4-2)11-18(17)19/h5-13H,3-4H2,1-2H3. The fourth-order valence-electron chi connectivity index (χ4n) is 1.93. The molecule has 0 aliphatic carbocycles. The van der Waals surface area contributed by atoms with Crippen molar-refractivity contribution in [3.05, 3.63) is 70.5 Å². The van der Waals surface area contributed by atoms with Gasteiger partial charge in [-0.05, 0) is 35.6 Å². The van der Waals surface area contributed by atoms with Crippen molar-refractivity contribution < 1.29 is 4.39 Å². The summed E-state index contributed by atoms with van der Waals surface area (Å²) in [5.74, 6) is -0.263. The van der Waals surface area contributed by atoms with Gasteiger partial charge in [-0.3, -0.25) is 0 Å². The fraction of sp³-hybridized carbons (Fsp3) is 0.222. The summed E-state index contributed by atoms with van der Waals surface area (Å²) >= 11 is 0. The zero-order chi connectivity index (χ0) is 15.1. The zero-order valence-electron chi connectivity index (χ0n) is 12.4. The second-order valence-corrected chi connectivity index (χ2v) is 4.79. The Hall–Kier alpha value is -2.29. The van der Waals surface area contributed by atoms with E-state index in [-0.39, 0.29) is 5.82 Å². The van der Waals surface area contributed by atoms with Crippen LogP contribution < -0.4 is 0 Å². The molecule has 0 fully saturated rings. The number of halogens is 1. The van der Waals surface area contributed by atoms with Crippen LogP contribution in [0.3, 0.4) is 0 Å². The molecule has 0 saturated carbocycles. The van der Waals surface area contributed by atoms with Crippen LogP contribution in [0.15, 0.2) is 52.7 Å². The zero-order valence-corrected chi connectivity index (χ0v) is 12.4. The van der Waals surface area contributed by atoms with Crippen molar-refractivity contribution in [2.24, 2.45) is 10.2 Å². The highest BCUT2D eigenvalue weighted by Gasteiger charge is 1.99. The molecule has 2 nitrogen and oxygen atoms in total. The molecular formula is C18H19FN2. The minimum Gasteiger partial charge on any atom is -0.206 e. The van der Waals surface area contributed by atoms with Crippen molar-refractivity contribution in [3.63, 3.8) is 0 Å². The molecule has 0 aliphatic rings. The summed E-state index contributed by atoms with van der Waals surface area (Å²) in [5, 5.41) is 7.85. The lowest BCUT2D eigenvalue weighted by Crippen LogP contribution is -1.90. The van der Waals surface area contributed by atoms with Gasteiger partial charge in [-0.2, -0.15) is 10.2 Å². The number of rotatable bonds is 5. The molecule has 2 aromatic rings. The molecule has 0 saturated heterocycles. The van der Waals surface area contributed by atoms with Gasteiger partial charge < -0.3 is 0 Å². The largest absolute Gasteiger partial charge is 0.206 e. The van der Waals surface area contributed by atoms with Crippen molar-refractivity contribution in [2.75, 3.05) is 0 Å². The van der Waals surface area contributed by atoms with Crippen molar-refractivity contribution in [1.29, 1.82) is 0 Å². The van der Waals surface area contributed by atoms with Gasteiger partial charge >= 0.3 is 0 Å². The van der Waals surface area contributed by atoms with Gasteiger partial charge in [0.2, 0.25) is 0 Å². The van der Waals surface area contributed by atoms with E-state index in [1.807, 2.05) is 25.1 Å². The van der Waals surface area contributed by atoms with Crippen LogP contribution in [0.25, 0.3) is 0 Å². The first kappa shape index (κ1) is 15.1. The molecule has 0 N–H and O–H groups in total. The second-order valence-electron chi connectivity index (χ2n) is 4.79. The van der Waals surface area contributed by atoms with Crippen LogP contribution in [-0.4, -0.2) is 12.4 Å². The number of hydrogen-bond donors (Lipinski definition) is 0. The third-order valence-corrected chi connectivity index (χ3v) is 3.33. The monoisotopic (exact) mass is 282 g/mol. The van der Waals surface area contributed by atoms with E-state index in [1.165, 1.54) is 17.8 Å². The van der Waals surface area contributed by atoms with Gasteiger partial charge in [0.05, 0.1) is 12.4 Å². The Bertz CT molecular complexity index is 643. The molecule has 3 heteroatoms. The molecule has 0 spiro atoms. The van der Waals surface area contributed by atoms with Crippen molar-refractivity contribution in [2.45, 2.75) is 26.7 Å². The van der Waals surface area contributed by atoms with Crippen molar-refractivity contribution in [1.82, 2.24) is 0 Å². The molecule has 0 amide bonds. The van der Waals surface area contributed by atoms with E-state index in [9.17, 15) is 4.39 Å². The maximum atomic E-state index is 13.7. The quantitative estimate of drug-likeness (QED) is 0.573. The minimum atomic E-state index is -0.263. The Morgan fingerprint density at radius 2 is 1.48 bits per heavy atom. The summed E-state index contributed by atoms with van der Waals surface area (Å²) in [6.07, 6.45) is 4.93. The Kier molecular flexibility index (Phi) is 5.38. The number of aryl methyl sites for hydroxylation is 2. The summed E-state index contributed by atoms with van der Waals surface area (Å²) in [5.41, 5.74) is 3.69. The predicted molar refractivity (Wildman–Crippen MR) is 86.8 cm³/mol. The highest BCUT2D eigenvalue weighted by molar-refractivity contribution is 5.82. The molecule has 21 heavy (non-hydrogen) atoms. The van der Waals surface area contributed by atoms with Gasteiger partial charge in [0.25, 0.3) is 0 Å². The van der Waals surface area contributed by atoms with Crippen LogP contribution in [0.1, 0.15) is 36.1 Å². The van der Waals surface area contributed by atoms with Crippen molar-refractivity contribution >= 4 is 12.4 Å². The highest BCUT2D eigenvalue weighted by Crippen LogP contribution is 2.09. The minimum absolute atomic E-state index is 0.263.